The van der Waals surface area contributed by atoms with Crippen molar-refractivity contribution in [3.8, 4) is 117 Å². The minimum atomic E-state index is -0.445. The molecule has 0 saturated heterocycles. The molecule has 3 nitrogen and oxygen atoms in total. The molecular formula is C127H91N3. The van der Waals surface area contributed by atoms with Gasteiger partial charge in [-0.15, -0.1) is 0 Å². The SMILES string of the molecule is CC1(C)c2ccccc2-c2cc3c(cc21)c1ccccc1n3-c1cc(-c2ccccc2)cc(-c2ccccc2)c1.CC1(C)c2ccccc2-c2ccc3c(c21)c1ccccc1n3-c1cc(-c2ccccc2)cc(-c2ccccc2)c1.c1ccc(-c2cc(-c3ccccc3)cc(-n3c4ccccc4c4cc5c(cc43)-c3ccccc3C5(c3ccccc3)c3ccccc3)c2)cc1. The van der Waals surface area contributed by atoms with Gasteiger partial charge in [-0.25, -0.2) is 0 Å². The highest BCUT2D eigenvalue weighted by atomic mass is 15.0. The van der Waals surface area contributed by atoms with Gasteiger partial charge < -0.3 is 13.7 Å². The minimum Gasteiger partial charge on any atom is -0.309 e. The molecule has 0 radical (unpaired) electrons. The molecule has 0 fully saturated rings. The van der Waals surface area contributed by atoms with Crippen molar-refractivity contribution in [2.45, 2.75) is 43.9 Å². The van der Waals surface area contributed by atoms with E-state index in [0.717, 1.165) is 5.69 Å². The minimum absolute atomic E-state index is 0.0307. The first-order chi connectivity index (χ1) is 64.0. The predicted octanol–water partition coefficient (Wildman–Crippen LogP) is 33.3. The third kappa shape index (κ3) is 12.5. The van der Waals surface area contributed by atoms with Crippen LogP contribution in [0.1, 0.15) is 72.2 Å². The van der Waals surface area contributed by atoms with Crippen LogP contribution in [0.4, 0.5) is 0 Å². The zero-order valence-corrected chi connectivity index (χ0v) is 73.0. The summed E-state index contributed by atoms with van der Waals surface area (Å²) in [4.78, 5) is 0. The van der Waals surface area contributed by atoms with E-state index < -0.39 is 5.41 Å². The van der Waals surface area contributed by atoms with Crippen molar-refractivity contribution < 1.29 is 0 Å². The molecule has 23 aromatic rings. The Morgan fingerprint density at radius 1 is 0.162 bits per heavy atom. The summed E-state index contributed by atoms with van der Waals surface area (Å²) >= 11 is 0. The molecule has 26 rings (SSSR count). The van der Waals surface area contributed by atoms with Crippen LogP contribution >= 0.6 is 0 Å². The van der Waals surface area contributed by atoms with Gasteiger partial charge in [0.15, 0.2) is 0 Å². The third-order valence-electron chi connectivity index (χ3n) is 28.2. The van der Waals surface area contributed by atoms with Crippen LogP contribution in [-0.4, -0.2) is 13.7 Å². The van der Waals surface area contributed by atoms with Crippen molar-refractivity contribution in [1.29, 1.82) is 0 Å². The van der Waals surface area contributed by atoms with E-state index in [4.69, 9.17) is 0 Å². The van der Waals surface area contributed by atoms with E-state index in [0.29, 0.717) is 0 Å². The molecule has 3 heteroatoms. The topological polar surface area (TPSA) is 14.8 Å². The second-order valence-corrected chi connectivity index (χ2v) is 36.1. The number of aromatic nitrogens is 3. The molecule has 3 aliphatic carbocycles. The summed E-state index contributed by atoms with van der Waals surface area (Å²) in [6, 6.07) is 176. The first-order valence-corrected chi connectivity index (χ1v) is 45.4. The summed E-state index contributed by atoms with van der Waals surface area (Å²) in [5.74, 6) is 0. The van der Waals surface area contributed by atoms with Gasteiger partial charge in [-0.2, -0.15) is 0 Å². The molecule has 0 unspecified atom stereocenters. The average molecular weight is 1660 g/mol. The molecule has 3 heterocycles. The molecule has 130 heavy (non-hydrogen) atoms. The van der Waals surface area contributed by atoms with Crippen LogP contribution in [0, 0.1) is 0 Å². The van der Waals surface area contributed by atoms with Crippen molar-refractivity contribution in [2.24, 2.45) is 0 Å². The Morgan fingerprint density at radius 2 is 0.446 bits per heavy atom. The highest BCUT2D eigenvalue weighted by Gasteiger charge is 2.47. The van der Waals surface area contributed by atoms with Crippen LogP contribution in [0.3, 0.4) is 0 Å². The van der Waals surface area contributed by atoms with Gasteiger partial charge in [0.2, 0.25) is 0 Å². The number of hydrogen-bond acceptors (Lipinski definition) is 0. The highest BCUT2D eigenvalue weighted by Crippen LogP contribution is 2.59. The maximum atomic E-state index is 2.50. The van der Waals surface area contributed by atoms with E-state index in [1.807, 2.05) is 0 Å². The fourth-order valence-corrected chi connectivity index (χ4v) is 22.2. The number of fused-ring (bicyclic) bond motifs is 19. The molecule has 614 valence electrons. The van der Waals surface area contributed by atoms with Crippen molar-refractivity contribution in [3.63, 3.8) is 0 Å². The molecule has 0 N–H and O–H groups in total. The number of benzene rings is 20. The maximum Gasteiger partial charge on any atom is 0.0713 e. The van der Waals surface area contributed by atoms with E-state index in [-0.39, 0.29) is 10.8 Å². The first-order valence-electron chi connectivity index (χ1n) is 45.4. The zero-order valence-electron chi connectivity index (χ0n) is 73.0. The largest absolute Gasteiger partial charge is 0.309 e. The zero-order chi connectivity index (χ0) is 86.8. The van der Waals surface area contributed by atoms with E-state index >= 15 is 0 Å². The van der Waals surface area contributed by atoms with E-state index in [1.165, 1.54) is 221 Å². The molecular weight excluding hydrogens is 1570 g/mol. The van der Waals surface area contributed by atoms with Crippen LogP contribution in [0.15, 0.2) is 479 Å². The summed E-state index contributed by atoms with van der Waals surface area (Å²) in [5.41, 5.74) is 43.8. The first kappa shape index (κ1) is 77.4. The molecule has 0 aliphatic heterocycles. The fraction of sp³-hybridized carbons (Fsp3) is 0.0551. The lowest BCUT2D eigenvalue weighted by molar-refractivity contribution is 0.661. The standard InChI is InChI=1S/C49H33N.2C39H29N/c1-5-17-34(18-6-1)36-29-37(35-19-7-2-8-20-35)31-40(30-36)50-47-28-16-14-26-42(47)44-32-46-43(33-48(44)50)41-25-13-15-27-45(41)49(46,38-21-9-3-10-22-38)39-23-11-4-12-24-39;1-39(2)35-19-11-9-17-31(35)33-25-38-34(24-36(33)39)32-18-10-12-20-37(32)40(38)30-22-28(26-13-5-3-6-14-26)21-29(23-30)27-15-7-4-8-16-27;1-39(2)34-19-11-9-17-31(34)32-21-22-36-37(38(32)39)33-18-10-12-20-35(33)40(36)30-24-28(26-13-5-3-6-14-26)23-29(25-30)27-15-7-4-8-16-27/h1-33H;2*3-25H,1-2H3. The summed E-state index contributed by atoms with van der Waals surface area (Å²) in [6.07, 6.45) is 0. The van der Waals surface area contributed by atoms with Crippen molar-refractivity contribution in [3.05, 3.63) is 524 Å². The molecule has 0 amide bonds. The van der Waals surface area contributed by atoms with Gasteiger partial charge in [0.1, 0.15) is 0 Å². The molecule has 0 spiro atoms. The Balaban J connectivity index is 0.000000109. The van der Waals surface area contributed by atoms with Crippen LogP contribution in [0.25, 0.3) is 183 Å². The Hall–Kier alpha value is -16.2. The monoisotopic (exact) mass is 1660 g/mol. The van der Waals surface area contributed by atoms with Crippen molar-refractivity contribution in [1.82, 2.24) is 13.7 Å². The lowest BCUT2D eigenvalue weighted by Crippen LogP contribution is -2.28. The molecule has 3 aliphatic rings. The number of nitrogens with zero attached hydrogens (tertiary/aromatic N) is 3. The van der Waals surface area contributed by atoms with Gasteiger partial charge >= 0.3 is 0 Å². The van der Waals surface area contributed by atoms with Crippen molar-refractivity contribution in [2.75, 3.05) is 0 Å². The summed E-state index contributed by atoms with van der Waals surface area (Å²) in [7, 11) is 0. The van der Waals surface area contributed by atoms with Gasteiger partial charge in [-0.05, 0) is 248 Å². The Labute approximate surface area is 758 Å². The van der Waals surface area contributed by atoms with Gasteiger partial charge in [0.25, 0.3) is 0 Å². The predicted molar refractivity (Wildman–Crippen MR) is 547 cm³/mol. The quantitative estimate of drug-likeness (QED) is 0.123. The van der Waals surface area contributed by atoms with Gasteiger partial charge in [0.05, 0.1) is 38.5 Å². The summed E-state index contributed by atoms with van der Waals surface area (Å²) < 4.78 is 7.43. The molecule has 0 atom stereocenters. The Kier molecular flexibility index (Phi) is 18.5. The van der Waals surface area contributed by atoms with Crippen LogP contribution < -0.4 is 0 Å². The average Bonchev–Trinajstić information content (AvgIpc) is 1.57. The Morgan fingerprint density at radius 3 is 0.838 bits per heavy atom. The number of rotatable bonds is 11. The summed E-state index contributed by atoms with van der Waals surface area (Å²) in [5, 5.41) is 7.78. The second-order valence-electron chi connectivity index (χ2n) is 36.1. The molecule has 20 aromatic carbocycles. The van der Waals surface area contributed by atoms with Crippen LogP contribution in [-0.2, 0) is 16.2 Å². The van der Waals surface area contributed by atoms with E-state index in [9.17, 15) is 0 Å². The number of hydrogen-bond donors (Lipinski definition) is 0. The third-order valence-corrected chi connectivity index (χ3v) is 28.2. The van der Waals surface area contributed by atoms with Crippen LogP contribution in [0.2, 0.25) is 0 Å². The highest BCUT2D eigenvalue weighted by molar-refractivity contribution is 6.16. The lowest BCUT2D eigenvalue weighted by atomic mass is 9.67. The van der Waals surface area contributed by atoms with E-state index in [1.54, 1.807) is 0 Å². The molecule has 0 bridgehead atoms. The van der Waals surface area contributed by atoms with E-state index in [2.05, 4.69) is 521 Å². The van der Waals surface area contributed by atoms with Crippen LogP contribution in [0.5, 0.6) is 0 Å². The smallest absolute Gasteiger partial charge is 0.0713 e. The van der Waals surface area contributed by atoms with Gasteiger partial charge in [-0.1, -0.05) is 404 Å². The Bertz CT molecular complexity index is 8130. The van der Waals surface area contributed by atoms with Gasteiger partial charge in [-0.3, -0.25) is 0 Å². The maximum absolute atomic E-state index is 2.50. The summed E-state index contributed by atoms with van der Waals surface area (Å²) in [6.45, 7) is 9.48. The normalized spacial score (nSPS) is 13.3. The number of para-hydroxylation sites is 3. The fourth-order valence-electron chi connectivity index (χ4n) is 22.2. The lowest BCUT2D eigenvalue weighted by Gasteiger charge is -2.34. The van der Waals surface area contributed by atoms with Crippen molar-refractivity contribution >= 4 is 65.4 Å². The second kappa shape index (κ2) is 31.1. The molecule has 3 aromatic heterocycles. The molecule has 0 saturated carbocycles. The van der Waals surface area contributed by atoms with Gasteiger partial charge in [0, 0.05) is 60.2 Å².